The normalized spacial score (nSPS) is 13.5. The largest absolute Gasteiger partial charge is 0.360 e. The summed E-state index contributed by atoms with van der Waals surface area (Å²) >= 11 is 0. The molecule has 0 amide bonds. The SMILES string of the molecule is C1CC1.CC(Nc1nccc(Nc2ccn[nH]2)n1)c1ccc2[nH]ccc2n1. The standard InChI is InChI=1S/C16H16N8.C3H6/c1-10(11-2-3-12-13(21-11)4-7-17-12)20-16-18-8-5-14(23-16)22-15-6-9-19-24-15;1-2-3-1/h2-10,17H,1H3,(H3,18,19,20,22,23,24);1-3H2. The van der Waals surface area contributed by atoms with Crippen molar-refractivity contribution >= 4 is 28.6 Å². The van der Waals surface area contributed by atoms with Crippen molar-refractivity contribution in [3.63, 3.8) is 0 Å². The number of hydrogen-bond acceptors (Lipinski definition) is 6. The third kappa shape index (κ3) is 4.60. The van der Waals surface area contributed by atoms with E-state index in [1.54, 1.807) is 18.5 Å². The van der Waals surface area contributed by atoms with Gasteiger partial charge in [0.25, 0.3) is 0 Å². The molecule has 8 nitrogen and oxygen atoms in total. The molecule has 1 atom stereocenters. The number of nitrogens with one attached hydrogen (secondary N) is 4. The monoisotopic (exact) mass is 362 g/mol. The fraction of sp³-hybridized carbons (Fsp3) is 0.263. The molecule has 4 N–H and O–H groups in total. The average Bonchev–Trinajstić information content (AvgIpc) is 3.34. The maximum Gasteiger partial charge on any atom is 0.225 e. The van der Waals surface area contributed by atoms with Crippen LogP contribution in [0.1, 0.15) is 37.9 Å². The molecule has 4 aromatic rings. The van der Waals surface area contributed by atoms with E-state index in [0.717, 1.165) is 22.5 Å². The van der Waals surface area contributed by atoms with Gasteiger partial charge in [0.2, 0.25) is 5.95 Å². The summed E-state index contributed by atoms with van der Waals surface area (Å²) in [5.41, 5.74) is 2.89. The van der Waals surface area contributed by atoms with Crippen molar-refractivity contribution in [1.29, 1.82) is 0 Å². The lowest BCUT2D eigenvalue weighted by molar-refractivity contribution is 0.828. The maximum absolute atomic E-state index is 4.64. The van der Waals surface area contributed by atoms with Gasteiger partial charge in [-0.2, -0.15) is 10.1 Å². The van der Waals surface area contributed by atoms with E-state index in [2.05, 4.69) is 40.8 Å². The van der Waals surface area contributed by atoms with E-state index in [-0.39, 0.29) is 6.04 Å². The highest BCUT2D eigenvalue weighted by atomic mass is 15.2. The lowest BCUT2D eigenvalue weighted by Crippen LogP contribution is -2.11. The molecule has 138 valence electrons. The number of anilines is 3. The summed E-state index contributed by atoms with van der Waals surface area (Å²) in [7, 11) is 0. The molecule has 1 aliphatic carbocycles. The Kier molecular flexibility index (Phi) is 4.95. The van der Waals surface area contributed by atoms with Gasteiger partial charge in [-0.1, -0.05) is 19.3 Å². The number of aromatic nitrogens is 6. The van der Waals surface area contributed by atoms with Gasteiger partial charge >= 0.3 is 0 Å². The molecule has 1 saturated carbocycles. The Bertz CT molecular complexity index is 987. The summed E-state index contributed by atoms with van der Waals surface area (Å²) in [5, 5.41) is 13.1. The minimum atomic E-state index is -0.0216. The molecule has 8 heteroatoms. The summed E-state index contributed by atoms with van der Waals surface area (Å²) in [6.45, 7) is 2.03. The molecule has 0 spiro atoms. The molecule has 4 heterocycles. The first-order chi connectivity index (χ1) is 13.3. The Morgan fingerprint density at radius 2 is 1.89 bits per heavy atom. The van der Waals surface area contributed by atoms with Crippen LogP contribution in [0.4, 0.5) is 17.6 Å². The Morgan fingerprint density at radius 1 is 1.00 bits per heavy atom. The van der Waals surface area contributed by atoms with Gasteiger partial charge in [0.05, 0.1) is 29.0 Å². The second-order valence-corrected chi connectivity index (χ2v) is 6.43. The second-order valence-electron chi connectivity index (χ2n) is 6.43. The van der Waals surface area contributed by atoms with Crippen LogP contribution in [-0.4, -0.2) is 30.1 Å². The van der Waals surface area contributed by atoms with Crippen LogP contribution in [0.15, 0.2) is 48.9 Å². The van der Waals surface area contributed by atoms with E-state index in [9.17, 15) is 0 Å². The summed E-state index contributed by atoms with van der Waals surface area (Å²) in [6, 6.07) is 9.56. The molecule has 5 rings (SSSR count). The second kappa shape index (κ2) is 7.86. The Labute approximate surface area is 156 Å². The van der Waals surface area contributed by atoms with Crippen molar-refractivity contribution < 1.29 is 0 Å². The number of rotatable bonds is 5. The van der Waals surface area contributed by atoms with Crippen LogP contribution in [0.2, 0.25) is 0 Å². The first kappa shape index (κ1) is 17.0. The quantitative estimate of drug-likeness (QED) is 0.425. The Morgan fingerprint density at radius 3 is 2.67 bits per heavy atom. The first-order valence-electron chi connectivity index (χ1n) is 9.08. The highest BCUT2D eigenvalue weighted by molar-refractivity contribution is 5.74. The topological polar surface area (TPSA) is 107 Å². The third-order valence-corrected chi connectivity index (χ3v) is 3.99. The van der Waals surface area contributed by atoms with Crippen molar-refractivity contribution in [3.05, 3.63) is 54.6 Å². The van der Waals surface area contributed by atoms with Crippen molar-refractivity contribution in [2.24, 2.45) is 0 Å². The van der Waals surface area contributed by atoms with Gasteiger partial charge < -0.3 is 15.6 Å². The molecule has 0 bridgehead atoms. The van der Waals surface area contributed by atoms with E-state index in [4.69, 9.17) is 0 Å². The van der Waals surface area contributed by atoms with Crippen LogP contribution in [0.5, 0.6) is 0 Å². The molecule has 1 unspecified atom stereocenters. The minimum Gasteiger partial charge on any atom is -0.360 e. The molecule has 1 fully saturated rings. The number of aromatic amines is 2. The number of hydrogen-bond donors (Lipinski definition) is 4. The van der Waals surface area contributed by atoms with Gasteiger partial charge in [0.1, 0.15) is 11.6 Å². The lowest BCUT2D eigenvalue weighted by atomic mass is 10.2. The number of H-pyrrole nitrogens is 2. The fourth-order valence-electron chi connectivity index (χ4n) is 2.42. The van der Waals surface area contributed by atoms with Crippen molar-refractivity contribution in [1.82, 2.24) is 30.1 Å². The van der Waals surface area contributed by atoms with Gasteiger partial charge in [-0.05, 0) is 31.2 Å². The highest BCUT2D eigenvalue weighted by Crippen LogP contribution is 2.19. The predicted molar refractivity (Wildman–Crippen MR) is 106 cm³/mol. The number of pyridine rings is 1. The summed E-state index contributed by atoms with van der Waals surface area (Å²) in [4.78, 5) is 16.5. The van der Waals surface area contributed by atoms with E-state index < -0.39 is 0 Å². The molecule has 27 heavy (non-hydrogen) atoms. The molecule has 0 radical (unpaired) electrons. The van der Waals surface area contributed by atoms with Crippen LogP contribution in [0.25, 0.3) is 11.0 Å². The molecule has 4 aromatic heterocycles. The number of nitrogens with zero attached hydrogens (tertiary/aromatic N) is 4. The third-order valence-electron chi connectivity index (χ3n) is 3.99. The molecule has 0 aromatic carbocycles. The minimum absolute atomic E-state index is 0.0216. The van der Waals surface area contributed by atoms with Gasteiger partial charge in [-0.25, -0.2) is 9.97 Å². The van der Waals surface area contributed by atoms with E-state index >= 15 is 0 Å². The maximum atomic E-state index is 4.64. The molecule has 0 saturated heterocycles. The smallest absolute Gasteiger partial charge is 0.225 e. The Balaban J connectivity index is 0.000000547. The first-order valence-corrected chi connectivity index (χ1v) is 9.08. The summed E-state index contributed by atoms with van der Waals surface area (Å²) in [6.07, 6.45) is 9.75. The molecular formula is C19H22N8. The van der Waals surface area contributed by atoms with Gasteiger partial charge in [-0.3, -0.25) is 5.10 Å². The van der Waals surface area contributed by atoms with Crippen LogP contribution in [0.3, 0.4) is 0 Å². The van der Waals surface area contributed by atoms with Gasteiger partial charge in [0, 0.05) is 18.5 Å². The Hall–Kier alpha value is -3.42. The molecule has 0 aliphatic heterocycles. The zero-order valence-corrected chi connectivity index (χ0v) is 15.1. The van der Waals surface area contributed by atoms with Crippen LogP contribution in [0, 0.1) is 0 Å². The highest BCUT2D eigenvalue weighted by Gasteiger charge is 2.10. The van der Waals surface area contributed by atoms with Crippen molar-refractivity contribution in [3.8, 4) is 0 Å². The number of fused-ring (bicyclic) bond motifs is 1. The lowest BCUT2D eigenvalue weighted by Gasteiger charge is -2.14. The van der Waals surface area contributed by atoms with Gasteiger partial charge in [-0.15, -0.1) is 0 Å². The predicted octanol–water partition coefficient (Wildman–Crippen LogP) is 4.16. The molecule has 1 aliphatic rings. The van der Waals surface area contributed by atoms with E-state index in [0.29, 0.717) is 11.8 Å². The van der Waals surface area contributed by atoms with Gasteiger partial charge in [0.15, 0.2) is 0 Å². The fourth-order valence-corrected chi connectivity index (χ4v) is 2.42. The molecular weight excluding hydrogens is 340 g/mol. The summed E-state index contributed by atoms with van der Waals surface area (Å²) in [5.74, 6) is 1.98. The zero-order valence-electron chi connectivity index (χ0n) is 15.1. The van der Waals surface area contributed by atoms with Crippen molar-refractivity contribution in [2.75, 3.05) is 10.6 Å². The van der Waals surface area contributed by atoms with Crippen LogP contribution >= 0.6 is 0 Å². The van der Waals surface area contributed by atoms with Crippen LogP contribution < -0.4 is 10.6 Å². The summed E-state index contributed by atoms with van der Waals surface area (Å²) < 4.78 is 0. The van der Waals surface area contributed by atoms with E-state index in [1.807, 2.05) is 37.4 Å². The van der Waals surface area contributed by atoms with Crippen molar-refractivity contribution in [2.45, 2.75) is 32.2 Å². The average molecular weight is 362 g/mol. The van der Waals surface area contributed by atoms with Crippen LogP contribution in [-0.2, 0) is 0 Å². The zero-order chi connectivity index (χ0) is 18.5. The van der Waals surface area contributed by atoms with E-state index in [1.165, 1.54) is 19.3 Å².